The zero-order chi connectivity index (χ0) is 25.6. The average Bonchev–Trinajstić information content (AvgIpc) is 2.82. The van der Waals surface area contributed by atoms with E-state index in [2.05, 4.69) is 5.32 Å². The van der Waals surface area contributed by atoms with E-state index in [-0.39, 0.29) is 18.6 Å². The van der Waals surface area contributed by atoms with Gasteiger partial charge < -0.3 is 24.6 Å². The number of ketones is 1. The number of likely N-dealkylation sites (tertiary alicyclic amines) is 1. The van der Waals surface area contributed by atoms with Gasteiger partial charge >= 0.3 is 5.97 Å². The molecule has 0 aliphatic carbocycles. The van der Waals surface area contributed by atoms with Crippen molar-refractivity contribution in [3.8, 4) is 0 Å². The van der Waals surface area contributed by atoms with Gasteiger partial charge in [0.15, 0.2) is 6.23 Å². The Morgan fingerprint density at radius 3 is 2.50 bits per heavy atom. The maximum Gasteiger partial charge on any atom is 0.330 e. The van der Waals surface area contributed by atoms with E-state index < -0.39 is 47.7 Å². The number of aliphatic hydroxyl groups is 2. The molecule has 2 rings (SSSR count). The molecule has 0 radical (unpaired) electrons. The van der Waals surface area contributed by atoms with Crippen molar-refractivity contribution in [1.82, 2.24) is 10.2 Å². The van der Waals surface area contributed by atoms with Crippen LogP contribution in [0.2, 0.25) is 0 Å². The van der Waals surface area contributed by atoms with E-state index in [0.717, 1.165) is 5.57 Å². The van der Waals surface area contributed by atoms with Gasteiger partial charge in [0, 0.05) is 18.4 Å². The minimum absolute atomic E-state index is 0.134. The second-order valence-electron chi connectivity index (χ2n) is 9.78. The topological polar surface area (TPSA) is 125 Å². The molecule has 7 unspecified atom stereocenters. The molecule has 1 amide bonds. The second kappa shape index (κ2) is 12.2. The Balaban J connectivity index is 2.18. The van der Waals surface area contributed by atoms with Crippen LogP contribution in [0.15, 0.2) is 11.6 Å². The summed E-state index contributed by atoms with van der Waals surface area (Å²) in [6.45, 7) is 9.16. The molecule has 9 heteroatoms. The maximum absolute atomic E-state index is 13.2. The van der Waals surface area contributed by atoms with E-state index in [1.807, 2.05) is 19.9 Å². The fraction of sp³-hybridized carbons (Fsp3) is 0.800. The Kier molecular flexibility index (Phi) is 10.2. The number of piperidine rings is 1. The van der Waals surface area contributed by atoms with Gasteiger partial charge in [-0.3, -0.25) is 14.9 Å². The largest absolute Gasteiger partial charge is 0.441 e. The lowest BCUT2D eigenvalue weighted by molar-refractivity contribution is -0.263. The summed E-state index contributed by atoms with van der Waals surface area (Å²) in [5.74, 6) is -5.40. The Morgan fingerprint density at radius 2 is 1.91 bits per heavy atom. The number of esters is 1. The number of aliphatic hydroxyl groups excluding tert-OH is 1. The molecule has 9 nitrogen and oxygen atoms in total. The van der Waals surface area contributed by atoms with Gasteiger partial charge in [-0.25, -0.2) is 4.79 Å². The van der Waals surface area contributed by atoms with Crippen molar-refractivity contribution in [2.75, 3.05) is 13.6 Å². The highest BCUT2D eigenvalue weighted by Gasteiger charge is 2.52. The number of Topliss-reactive ketones (excluding diaryl/α,β-unsaturated/α-hetero) is 1. The number of likely N-dealkylation sites (N-methyl/N-ethyl adjacent to an activating group) is 1. The predicted octanol–water partition coefficient (Wildman–Crippen LogP) is 1.90. The molecule has 194 valence electrons. The van der Waals surface area contributed by atoms with Crippen LogP contribution in [-0.4, -0.2) is 76.6 Å². The Hall–Kier alpha value is -1.81. The average molecular weight is 483 g/mol. The summed E-state index contributed by atoms with van der Waals surface area (Å²) < 4.78 is 11.3. The number of nitrogens with zero attached hydrogens (tertiary/aromatic N) is 1. The summed E-state index contributed by atoms with van der Waals surface area (Å²) in [6, 6.07) is -0.924. The van der Waals surface area contributed by atoms with Crippen LogP contribution >= 0.6 is 0 Å². The Morgan fingerprint density at radius 1 is 1.24 bits per heavy atom. The molecule has 34 heavy (non-hydrogen) atoms. The monoisotopic (exact) mass is 482 g/mol. The van der Waals surface area contributed by atoms with Crippen molar-refractivity contribution in [1.29, 1.82) is 0 Å². The van der Waals surface area contributed by atoms with Gasteiger partial charge in [0.2, 0.25) is 5.79 Å². The molecule has 0 saturated carbocycles. The van der Waals surface area contributed by atoms with Crippen molar-refractivity contribution < 1.29 is 34.1 Å². The van der Waals surface area contributed by atoms with Crippen molar-refractivity contribution in [2.45, 2.75) is 103 Å². The van der Waals surface area contributed by atoms with Crippen molar-refractivity contribution in [3.05, 3.63) is 11.6 Å². The second-order valence-corrected chi connectivity index (χ2v) is 9.78. The summed E-state index contributed by atoms with van der Waals surface area (Å²) in [4.78, 5) is 40.7. The fourth-order valence-electron chi connectivity index (χ4n) is 4.54. The molecule has 0 aromatic carbocycles. The van der Waals surface area contributed by atoms with Gasteiger partial charge in [-0.15, -0.1) is 0 Å². The van der Waals surface area contributed by atoms with E-state index >= 15 is 0 Å². The number of amides is 1. The zero-order valence-electron chi connectivity index (χ0n) is 21.4. The number of rotatable bonds is 9. The molecule has 2 aliphatic rings. The van der Waals surface area contributed by atoms with Crippen LogP contribution in [0.25, 0.3) is 0 Å². The molecule has 0 aromatic rings. The number of hydrogen-bond donors (Lipinski definition) is 3. The summed E-state index contributed by atoms with van der Waals surface area (Å²) in [7, 11) is 1.65. The van der Waals surface area contributed by atoms with E-state index in [9.17, 15) is 24.6 Å². The van der Waals surface area contributed by atoms with Gasteiger partial charge in [0.05, 0.1) is 12.2 Å². The molecular formula is C25H42N2O7. The normalized spacial score (nSPS) is 30.9. The lowest BCUT2D eigenvalue weighted by atomic mass is 9.86. The molecule has 3 N–H and O–H groups in total. The van der Waals surface area contributed by atoms with Crippen LogP contribution in [0.3, 0.4) is 0 Å². The minimum atomic E-state index is -2.19. The number of ether oxygens (including phenoxy) is 2. The molecule has 2 fully saturated rings. The lowest BCUT2D eigenvalue weighted by Crippen LogP contribution is -2.60. The molecule has 0 aromatic heterocycles. The van der Waals surface area contributed by atoms with Crippen LogP contribution in [0, 0.1) is 11.8 Å². The lowest BCUT2D eigenvalue weighted by Gasteiger charge is -2.42. The SMILES string of the molecule is CCC1CCC(C)C(O)(C(=O)C(=O)N2CCCCC2C(=O)OC(NC)/C(C)=C/C(C)C(C)O)O1. The highest BCUT2D eigenvalue weighted by Crippen LogP contribution is 2.35. The molecule has 0 spiro atoms. The molecule has 2 aliphatic heterocycles. The fourth-order valence-corrected chi connectivity index (χ4v) is 4.54. The molecule has 0 bridgehead atoms. The molecule has 2 heterocycles. The van der Waals surface area contributed by atoms with Crippen molar-refractivity contribution in [2.24, 2.45) is 11.8 Å². The third kappa shape index (κ3) is 6.44. The van der Waals surface area contributed by atoms with Gasteiger partial charge in [-0.05, 0) is 65.0 Å². The standard InChI is InChI=1S/C25H42N2O7/c1-7-19-12-11-17(4)25(32,34-19)21(29)23(30)27-13-9-8-10-20(27)24(31)33-22(26-6)16(3)14-15(2)18(5)28/h14-15,17-20,22,26,28,32H,7-13H2,1-6H3/b16-14+. The van der Waals surface area contributed by atoms with Crippen molar-refractivity contribution >= 4 is 17.7 Å². The van der Waals surface area contributed by atoms with E-state index in [0.29, 0.717) is 38.5 Å². The molecule has 2 saturated heterocycles. The number of carbonyl (C=O) groups excluding carboxylic acids is 3. The van der Waals surface area contributed by atoms with E-state index in [1.165, 1.54) is 4.90 Å². The van der Waals surface area contributed by atoms with Crippen LogP contribution < -0.4 is 5.32 Å². The summed E-state index contributed by atoms with van der Waals surface area (Å²) in [5, 5.41) is 23.7. The summed E-state index contributed by atoms with van der Waals surface area (Å²) >= 11 is 0. The smallest absolute Gasteiger partial charge is 0.330 e. The highest BCUT2D eigenvalue weighted by molar-refractivity contribution is 6.39. The van der Waals surface area contributed by atoms with Gasteiger partial charge in [-0.2, -0.15) is 0 Å². The molecule has 7 atom stereocenters. The predicted molar refractivity (Wildman–Crippen MR) is 126 cm³/mol. The first kappa shape index (κ1) is 28.4. The number of carbonyl (C=O) groups is 3. The first-order chi connectivity index (χ1) is 16.0. The maximum atomic E-state index is 13.2. The minimum Gasteiger partial charge on any atom is -0.441 e. The van der Waals surface area contributed by atoms with Gasteiger partial charge in [0.1, 0.15) is 6.04 Å². The van der Waals surface area contributed by atoms with Crippen LogP contribution in [0.5, 0.6) is 0 Å². The number of nitrogens with one attached hydrogen (secondary N) is 1. The number of hydrogen-bond acceptors (Lipinski definition) is 8. The quantitative estimate of drug-likeness (QED) is 0.197. The Bertz CT molecular complexity index is 768. The Labute approximate surface area is 202 Å². The first-order valence-corrected chi connectivity index (χ1v) is 12.5. The van der Waals surface area contributed by atoms with Gasteiger partial charge in [-0.1, -0.05) is 26.8 Å². The van der Waals surface area contributed by atoms with Crippen LogP contribution in [-0.2, 0) is 23.9 Å². The van der Waals surface area contributed by atoms with Crippen LogP contribution in [0.1, 0.15) is 73.1 Å². The summed E-state index contributed by atoms with van der Waals surface area (Å²) in [6.07, 6.45) is 3.88. The first-order valence-electron chi connectivity index (χ1n) is 12.5. The molecular weight excluding hydrogens is 440 g/mol. The third-order valence-corrected chi connectivity index (χ3v) is 7.14. The van der Waals surface area contributed by atoms with E-state index in [4.69, 9.17) is 9.47 Å². The summed E-state index contributed by atoms with van der Waals surface area (Å²) in [5.41, 5.74) is 0.721. The third-order valence-electron chi connectivity index (χ3n) is 7.14. The highest BCUT2D eigenvalue weighted by atomic mass is 16.6. The van der Waals surface area contributed by atoms with Gasteiger partial charge in [0.25, 0.3) is 11.7 Å². The zero-order valence-corrected chi connectivity index (χ0v) is 21.4. The van der Waals surface area contributed by atoms with Crippen LogP contribution in [0.4, 0.5) is 0 Å². The van der Waals surface area contributed by atoms with Crippen molar-refractivity contribution in [3.63, 3.8) is 0 Å². The van der Waals surface area contributed by atoms with E-state index in [1.54, 1.807) is 27.8 Å².